The number of nitriles is 1. The molecule has 0 aliphatic heterocycles. The first kappa shape index (κ1) is 13.4. The van der Waals surface area contributed by atoms with Crippen molar-refractivity contribution in [2.75, 3.05) is 5.32 Å². The molecule has 0 unspecified atom stereocenters. The number of anilines is 1. The van der Waals surface area contributed by atoms with Gasteiger partial charge in [0.25, 0.3) is 5.69 Å². The van der Waals surface area contributed by atoms with E-state index in [-0.39, 0.29) is 22.8 Å². The lowest BCUT2D eigenvalue weighted by atomic mass is 10.2. The van der Waals surface area contributed by atoms with Crippen molar-refractivity contribution in [1.82, 2.24) is 20.6 Å². The summed E-state index contributed by atoms with van der Waals surface area (Å²) in [7, 11) is 0. The van der Waals surface area contributed by atoms with E-state index >= 15 is 0 Å². The number of tetrazole rings is 1. The summed E-state index contributed by atoms with van der Waals surface area (Å²) in [6.07, 6.45) is 1.24. The largest absolute Gasteiger partial charge is 0.355 e. The molecule has 1 aromatic carbocycles. The summed E-state index contributed by atoms with van der Waals surface area (Å²) in [6, 6.07) is 5.89. The minimum Gasteiger partial charge on any atom is -0.355 e. The van der Waals surface area contributed by atoms with Gasteiger partial charge in [-0.3, -0.25) is 10.1 Å². The number of nitrogens with one attached hydrogen (secondary N) is 2. The molecule has 0 spiro atoms. The van der Waals surface area contributed by atoms with E-state index in [0.29, 0.717) is 5.02 Å². The van der Waals surface area contributed by atoms with E-state index in [1.54, 1.807) is 0 Å². The second-order valence-electron chi connectivity index (χ2n) is 3.47. The Kier molecular flexibility index (Phi) is 3.88. The van der Waals surface area contributed by atoms with Gasteiger partial charge in [0, 0.05) is 17.3 Å². The SMILES string of the molecule is N#CC(=CNc1cc(Cl)ccc1[N+](=O)[O-])c1nn[nH]n1. The smallest absolute Gasteiger partial charge is 0.292 e. The average molecular weight is 292 g/mol. The highest BCUT2D eigenvalue weighted by molar-refractivity contribution is 6.31. The number of nitro groups is 1. The van der Waals surface area contributed by atoms with Crippen molar-refractivity contribution >= 4 is 28.5 Å². The number of halogens is 1. The Morgan fingerprint density at radius 1 is 1.60 bits per heavy atom. The molecule has 1 heterocycles. The summed E-state index contributed by atoms with van der Waals surface area (Å²) in [4.78, 5) is 10.3. The molecule has 9 nitrogen and oxygen atoms in total. The maximum Gasteiger partial charge on any atom is 0.292 e. The van der Waals surface area contributed by atoms with Crippen LogP contribution < -0.4 is 5.32 Å². The predicted octanol–water partition coefficient (Wildman–Crippen LogP) is 1.74. The molecule has 0 radical (unpaired) electrons. The predicted molar refractivity (Wildman–Crippen MR) is 69.5 cm³/mol. The van der Waals surface area contributed by atoms with Crippen molar-refractivity contribution in [3.05, 3.63) is 45.4 Å². The highest BCUT2D eigenvalue weighted by Gasteiger charge is 2.14. The van der Waals surface area contributed by atoms with Crippen LogP contribution in [0.3, 0.4) is 0 Å². The van der Waals surface area contributed by atoms with Crippen molar-refractivity contribution < 1.29 is 4.92 Å². The van der Waals surface area contributed by atoms with E-state index in [0.717, 1.165) is 0 Å². The Labute approximate surface area is 117 Å². The summed E-state index contributed by atoms with van der Waals surface area (Å²) in [6.45, 7) is 0. The molecule has 2 N–H and O–H groups in total. The molecule has 0 atom stereocenters. The van der Waals surface area contributed by atoms with E-state index in [1.165, 1.54) is 24.4 Å². The number of H-pyrrole nitrogens is 1. The van der Waals surface area contributed by atoms with E-state index in [1.807, 2.05) is 6.07 Å². The number of hydrogen-bond acceptors (Lipinski definition) is 7. The van der Waals surface area contributed by atoms with Gasteiger partial charge in [-0.2, -0.15) is 10.5 Å². The zero-order valence-electron chi connectivity index (χ0n) is 9.74. The zero-order valence-corrected chi connectivity index (χ0v) is 10.5. The fraction of sp³-hybridized carbons (Fsp3) is 0. The van der Waals surface area contributed by atoms with Gasteiger partial charge in [0.05, 0.1) is 4.92 Å². The summed E-state index contributed by atoms with van der Waals surface area (Å²) in [5.74, 6) is 0.0738. The molecular weight excluding hydrogens is 286 g/mol. The number of rotatable bonds is 4. The van der Waals surface area contributed by atoms with Crippen LogP contribution in [0.25, 0.3) is 5.57 Å². The third-order valence-electron chi connectivity index (χ3n) is 2.23. The zero-order chi connectivity index (χ0) is 14.5. The van der Waals surface area contributed by atoms with Crippen LogP contribution in [-0.2, 0) is 0 Å². The molecule has 0 fully saturated rings. The summed E-state index contributed by atoms with van der Waals surface area (Å²) in [5, 5.41) is 35.6. The molecule has 1 aromatic heterocycles. The quantitative estimate of drug-likeness (QED) is 0.497. The molecule has 20 heavy (non-hydrogen) atoms. The molecule has 10 heteroatoms. The summed E-state index contributed by atoms with van der Waals surface area (Å²) >= 11 is 5.78. The van der Waals surface area contributed by atoms with Crippen LogP contribution in [0.1, 0.15) is 5.82 Å². The lowest BCUT2D eigenvalue weighted by Gasteiger charge is -2.03. The van der Waals surface area contributed by atoms with Gasteiger partial charge in [0.1, 0.15) is 17.3 Å². The summed E-state index contributed by atoms with van der Waals surface area (Å²) in [5.41, 5.74) is 0.0443. The lowest BCUT2D eigenvalue weighted by molar-refractivity contribution is -0.383. The molecule has 0 saturated heterocycles. The van der Waals surface area contributed by atoms with Crippen LogP contribution in [-0.4, -0.2) is 25.5 Å². The fourth-order valence-electron chi connectivity index (χ4n) is 1.36. The number of nitro benzene ring substituents is 1. The number of allylic oxidation sites excluding steroid dienone is 1. The number of benzene rings is 1. The first-order valence-corrected chi connectivity index (χ1v) is 5.54. The third kappa shape index (κ3) is 2.88. The van der Waals surface area contributed by atoms with Crippen molar-refractivity contribution in [3.63, 3.8) is 0 Å². The second-order valence-corrected chi connectivity index (χ2v) is 3.90. The lowest BCUT2D eigenvalue weighted by Crippen LogP contribution is -1.97. The highest BCUT2D eigenvalue weighted by Crippen LogP contribution is 2.28. The van der Waals surface area contributed by atoms with Gasteiger partial charge in [-0.25, -0.2) is 0 Å². The van der Waals surface area contributed by atoms with Crippen LogP contribution in [0, 0.1) is 21.4 Å². The summed E-state index contributed by atoms with van der Waals surface area (Å²) < 4.78 is 0. The Bertz CT molecular complexity index is 705. The van der Waals surface area contributed by atoms with Gasteiger partial charge in [-0.15, -0.1) is 10.2 Å². The van der Waals surface area contributed by atoms with Crippen molar-refractivity contribution in [3.8, 4) is 6.07 Å². The Balaban J connectivity index is 2.33. The molecular formula is C10H6ClN7O2. The van der Waals surface area contributed by atoms with Crippen LogP contribution in [0.4, 0.5) is 11.4 Å². The molecule has 0 amide bonds. The van der Waals surface area contributed by atoms with Gasteiger partial charge in [-0.05, 0) is 17.3 Å². The molecule has 0 aliphatic rings. The molecule has 100 valence electrons. The van der Waals surface area contributed by atoms with Crippen molar-refractivity contribution in [2.24, 2.45) is 0 Å². The maximum atomic E-state index is 10.9. The first-order valence-electron chi connectivity index (χ1n) is 5.16. The maximum absolute atomic E-state index is 10.9. The number of nitrogens with zero attached hydrogens (tertiary/aromatic N) is 5. The highest BCUT2D eigenvalue weighted by atomic mass is 35.5. The molecule has 2 aromatic rings. The third-order valence-corrected chi connectivity index (χ3v) is 2.47. The van der Waals surface area contributed by atoms with E-state index in [4.69, 9.17) is 16.9 Å². The second kappa shape index (κ2) is 5.77. The van der Waals surface area contributed by atoms with Gasteiger partial charge < -0.3 is 5.32 Å². The topological polar surface area (TPSA) is 133 Å². The normalized spacial score (nSPS) is 10.9. The molecule has 0 bridgehead atoms. The minimum absolute atomic E-state index is 0.0630. The Morgan fingerprint density at radius 2 is 2.40 bits per heavy atom. The van der Waals surface area contributed by atoms with Gasteiger partial charge in [0.2, 0.25) is 5.82 Å². The number of aromatic nitrogens is 4. The fourth-order valence-corrected chi connectivity index (χ4v) is 1.53. The average Bonchev–Trinajstić information content (AvgIpc) is 2.93. The molecule has 0 saturated carbocycles. The number of hydrogen-bond donors (Lipinski definition) is 2. The van der Waals surface area contributed by atoms with Gasteiger partial charge in [0.15, 0.2) is 0 Å². The molecule has 2 rings (SSSR count). The van der Waals surface area contributed by atoms with E-state index in [2.05, 4.69) is 25.9 Å². The Morgan fingerprint density at radius 3 is 3.00 bits per heavy atom. The van der Waals surface area contributed by atoms with Crippen LogP contribution in [0.15, 0.2) is 24.4 Å². The number of aromatic amines is 1. The van der Waals surface area contributed by atoms with E-state index in [9.17, 15) is 10.1 Å². The molecule has 0 aliphatic carbocycles. The Hall–Kier alpha value is -2.99. The van der Waals surface area contributed by atoms with Crippen LogP contribution in [0.2, 0.25) is 5.02 Å². The van der Waals surface area contributed by atoms with Crippen molar-refractivity contribution in [1.29, 1.82) is 5.26 Å². The van der Waals surface area contributed by atoms with Gasteiger partial charge >= 0.3 is 0 Å². The monoisotopic (exact) mass is 291 g/mol. The standard InChI is InChI=1S/C10H6ClN7O2/c11-7-1-2-9(18(19)20)8(3-7)13-5-6(4-12)10-14-16-17-15-10/h1-3,5,13H,(H,14,15,16,17). The first-order chi connectivity index (χ1) is 9.61. The van der Waals surface area contributed by atoms with Crippen LogP contribution in [0.5, 0.6) is 0 Å². The minimum atomic E-state index is -0.563. The van der Waals surface area contributed by atoms with Gasteiger partial charge in [-0.1, -0.05) is 11.6 Å². The van der Waals surface area contributed by atoms with E-state index < -0.39 is 4.92 Å². The van der Waals surface area contributed by atoms with Crippen LogP contribution >= 0.6 is 11.6 Å². The van der Waals surface area contributed by atoms with Crippen molar-refractivity contribution in [2.45, 2.75) is 0 Å².